The number of hydrogen-bond acceptors (Lipinski definition) is 3. The number of nitrogens with one attached hydrogen (secondary N) is 2. The highest BCUT2D eigenvalue weighted by molar-refractivity contribution is 5.85. The monoisotopic (exact) mass is 414 g/mol. The molecule has 29 heavy (non-hydrogen) atoms. The molecule has 0 amide bonds. The first kappa shape index (κ1) is 21.5. The van der Waals surface area contributed by atoms with Crippen LogP contribution in [-0.4, -0.2) is 21.2 Å². The lowest BCUT2D eigenvalue weighted by Crippen LogP contribution is -2.35. The summed E-state index contributed by atoms with van der Waals surface area (Å²) in [4.78, 5) is 4.08. The van der Waals surface area contributed by atoms with Crippen molar-refractivity contribution >= 4 is 12.4 Å². The van der Waals surface area contributed by atoms with E-state index in [9.17, 15) is 4.39 Å². The fourth-order valence-electron chi connectivity index (χ4n) is 3.95. The van der Waals surface area contributed by atoms with Gasteiger partial charge >= 0.3 is 0 Å². The van der Waals surface area contributed by atoms with Crippen LogP contribution in [0.3, 0.4) is 0 Å². The van der Waals surface area contributed by atoms with Crippen molar-refractivity contribution in [2.45, 2.75) is 52.1 Å². The van der Waals surface area contributed by atoms with Crippen molar-refractivity contribution in [2.75, 3.05) is 0 Å². The molecule has 1 aromatic heterocycles. The lowest BCUT2D eigenvalue weighted by molar-refractivity contribution is 0.206. The van der Waals surface area contributed by atoms with E-state index in [0.29, 0.717) is 28.4 Å². The molecule has 1 heterocycles. The molecule has 6 heteroatoms. The quantitative estimate of drug-likeness (QED) is 0.558. The number of rotatable bonds is 5. The van der Waals surface area contributed by atoms with E-state index in [1.54, 1.807) is 6.07 Å². The molecule has 1 aliphatic carbocycles. The summed E-state index contributed by atoms with van der Waals surface area (Å²) in [5.74, 6) is 0.237. The molecule has 154 valence electrons. The summed E-state index contributed by atoms with van der Waals surface area (Å²) in [6.07, 6.45) is 6.49. The maximum absolute atomic E-state index is 14.7. The summed E-state index contributed by atoms with van der Waals surface area (Å²) >= 11 is 0. The molecule has 0 atom stereocenters. The number of aromatic amines is 1. The molecule has 4 rings (SSSR count). The van der Waals surface area contributed by atoms with Crippen LogP contribution in [-0.2, 0) is 6.54 Å². The zero-order chi connectivity index (χ0) is 19.6. The third kappa shape index (κ3) is 5.22. The van der Waals surface area contributed by atoms with Crippen molar-refractivity contribution in [3.05, 3.63) is 60.2 Å². The van der Waals surface area contributed by atoms with E-state index in [-0.39, 0.29) is 18.2 Å². The summed E-state index contributed by atoms with van der Waals surface area (Å²) in [6, 6.07) is 13.9. The maximum atomic E-state index is 14.7. The number of hydrogen-bond donors (Lipinski definition) is 2. The Bertz CT molecular complexity index is 930. The topological polar surface area (TPSA) is 53.6 Å². The molecule has 0 bridgehead atoms. The van der Waals surface area contributed by atoms with Crippen LogP contribution in [0.1, 0.15) is 45.1 Å². The van der Waals surface area contributed by atoms with Crippen molar-refractivity contribution in [1.29, 1.82) is 0 Å². The number of H-pyrrole nitrogens is 1. The highest BCUT2D eigenvalue weighted by Crippen LogP contribution is 2.35. The highest BCUT2D eigenvalue weighted by atomic mass is 35.5. The molecule has 1 fully saturated rings. The minimum absolute atomic E-state index is 0. The van der Waals surface area contributed by atoms with E-state index in [4.69, 9.17) is 0 Å². The Balaban J connectivity index is 0.00000240. The Kier molecular flexibility index (Phi) is 6.70. The molecule has 0 unspecified atom stereocenters. The first-order valence-corrected chi connectivity index (χ1v) is 9.99. The van der Waals surface area contributed by atoms with Crippen LogP contribution in [0.25, 0.3) is 22.5 Å². The zero-order valence-electron chi connectivity index (χ0n) is 16.9. The summed E-state index contributed by atoms with van der Waals surface area (Å²) < 4.78 is 14.7. The summed E-state index contributed by atoms with van der Waals surface area (Å²) in [6.45, 7) is 5.53. The van der Waals surface area contributed by atoms with Crippen molar-refractivity contribution in [3.8, 4) is 22.5 Å². The van der Waals surface area contributed by atoms with Gasteiger partial charge in [-0.15, -0.1) is 12.4 Å². The Hall–Kier alpha value is -2.24. The largest absolute Gasteiger partial charge is 0.310 e. The lowest BCUT2D eigenvalue weighted by Gasteiger charge is -2.34. The van der Waals surface area contributed by atoms with Crippen LogP contribution >= 0.6 is 12.4 Å². The van der Waals surface area contributed by atoms with E-state index >= 15 is 0 Å². The van der Waals surface area contributed by atoms with Gasteiger partial charge in [-0.05, 0) is 54.4 Å². The summed E-state index contributed by atoms with van der Waals surface area (Å²) in [5, 5.41) is 10.3. The number of aromatic nitrogens is 3. The number of benzene rings is 2. The van der Waals surface area contributed by atoms with Crippen molar-refractivity contribution in [1.82, 2.24) is 20.5 Å². The fourth-order valence-corrected chi connectivity index (χ4v) is 3.95. The van der Waals surface area contributed by atoms with Gasteiger partial charge in [-0.3, -0.25) is 5.10 Å². The van der Waals surface area contributed by atoms with Gasteiger partial charge < -0.3 is 5.32 Å². The van der Waals surface area contributed by atoms with Gasteiger partial charge in [-0.25, -0.2) is 9.37 Å². The predicted molar refractivity (Wildman–Crippen MR) is 117 cm³/mol. The van der Waals surface area contributed by atoms with Gasteiger partial charge in [0.15, 0.2) is 5.82 Å². The Morgan fingerprint density at radius 1 is 1.10 bits per heavy atom. The third-order valence-corrected chi connectivity index (χ3v) is 5.81. The standard InChI is InChI=1S/C23H27FN4.ClH/c1-23(2)10-8-19(9-11-23)25-14-16-4-3-5-17(12-16)20-7-6-18(13-21(20)24)22-26-15-27-28-22;/h3-7,12-13,15,19,25H,8-11,14H2,1-2H3,(H,26,27,28);1H. The van der Waals surface area contributed by atoms with Crippen LogP contribution < -0.4 is 5.32 Å². The second-order valence-corrected chi connectivity index (χ2v) is 8.54. The predicted octanol–water partition coefficient (Wildman–Crippen LogP) is 5.76. The molecule has 1 saturated carbocycles. The van der Waals surface area contributed by atoms with Gasteiger partial charge in [-0.1, -0.05) is 44.2 Å². The van der Waals surface area contributed by atoms with Gasteiger partial charge in [0.2, 0.25) is 0 Å². The smallest absolute Gasteiger partial charge is 0.180 e. The normalized spacial score (nSPS) is 16.4. The number of nitrogens with zero attached hydrogens (tertiary/aromatic N) is 2. The average Bonchev–Trinajstić information content (AvgIpc) is 3.22. The first-order chi connectivity index (χ1) is 13.5. The fraction of sp³-hybridized carbons (Fsp3) is 0.391. The van der Waals surface area contributed by atoms with E-state index in [2.05, 4.69) is 46.5 Å². The van der Waals surface area contributed by atoms with Crippen molar-refractivity contribution in [2.24, 2.45) is 5.41 Å². The van der Waals surface area contributed by atoms with E-state index in [1.165, 1.54) is 43.6 Å². The summed E-state index contributed by atoms with van der Waals surface area (Å²) in [5.41, 5.74) is 3.82. The molecular weight excluding hydrogens is 387 g/mol. The van der Waals surface area contributed by atoms with Crippen molar-refractivity contribution < 1.29 is 4.39 Å². The van der Waals surface area contributed by atoms with Gasteiger partial charge in [0, 0.05) is 23.7 Å². The molecule has 0 saturated heterocycles. The molecular formula is C23H28ClFN4. The van der Waals surface area contributed by atoms with Crippen LogP contribution in [0, 0.1) is 11.2 Å². The lowest BCUT2D eigenvalue weighted by atomic mass is 9.75. The van der Waals surface area contributed by atoms with Crippen LogP contribution in [0.2, 0.25) is 0 Å². The van der Waals surface area contributed by atoms with E-state index < -0.39 is 0 Å². The molecule has 0 spiro atoms. The Morgan fingerprint density at radius 3 is 2.59 bits per heavy atom. The second kappa shape index (κ2) is 9.06. The van der Waals surface area contributed by atoms with Gasteiger partial charge in [-0.2, -0.15) is 5.10 Å². The second-order valence-electron chi connectivity index (χ2n) is 8.54. The molecule has 4 nitrogen and oxygen atoms in total. The Labute approximate surface area is 177 Å². The maximum Gasteiger partial charge on any atom is 0.180 e. The van der Waals surface area contributed by atoms with Crippen LogP contribution in [0.4, 0.5) is 4.39 Å². The molecule has 2 aromatic carbocycles. The molecule has 3 aromatic rings. The van der Waals surface area contributed by atoms with Crippen LogP contribution in [0.5, 0.6) is 0 Å². The van der Waals surface area contributed by atoms with Gasteiger partial charge in [0.25, 0.3) is 0 Å². The van der Waals surface area contributed by atoms with E-state index in [0.717, 1.165) is 12.1 Å². The molecule has 0 radical (unpaired) electrons. The van der Waals surface area contributed by atoms with Crippen molar-refractivity contribution in [3.63, 3.8) is 0 Å². The average molecular weight is 415 g/mol. The van der Waals surface area contributed by atoms with Crippen LogP contribution in [0.15, 0.2) is 48.8 Å². The molecule has 0 aliphatic heterocycles. The summed E-state index contributed by atoms with van der Waals surface area (Å²) in [7, 11) is 0. The minimum Gasteiger partial charge on any atom is -0.310 e. The number of halogens is 2. The minimum atomic E-state index is -0.262. The molecule has 1 aliphatic rings. The first-order valence-electron chi connectivity index (χ1n) is 9.99. The highest BCUT2D eigenvalue weighted by Gasteiger charge is 2.26. The Morgan fingerprint density at radius 2 is 1.90 bits per heavy atom. The SMILES string of the molecule is CC1(C)CCC(NCc2cccc(-c3ccc(-c4nc[nH]n4)cc3F)c2)CC1.Cl. The van der Waals surface area contributed by atoms with Gasteiger partial charge in [0.05, 0.1) is 0 Å². The van der Waals surface area contributed by atoms with E-state index in [1.807, 2.05) is 18.2 Å². The zero-order valence-corrected chi connectivity index (χ0v) is 17.7. The molecule has 2 N–H and O–H groups in total. The van der Waals surface area contributed by atoms with Gasteiger partial charge in [0.1, 0.15) is 12.1 Å². The third-order valence-electron chi connectivity index (χ3n) is 5.81.